The molecule has 0 aliphatic heterocycles. The molecule has 0 fully saturated rings. The molecule has 2 aromatic carbocycles. The van der Waals surface area contributed by atoms with E-state index in [4.69, 9.17) is 23.2 Å². The Balaban J connectivity index is 2.52. The quantitative estimate of drug-likeness (QED) is 0.469. The zero-order chi connectivity index (χ0) is 14.2. The molecule has 19 heavy (non-hydrogen) atoms. The minimum absolute atomic E-state index is 0.160. The highest BCUT2D eigenvalue weighted by Gasteiger charge is 2.18. The fraction of sp³-hybridized carbons (Fsp3) is 0.143. The third-order valence-corrected chi connectivity index (χ3v) is 5.05. The highest BCUT2D eigenvalue weighted by atomic mass is 79.9. The van der Waals surface area contributed by atoms with E-state index in [1.165, 1.54) is 6.07 Å². The molecule has 5 heteroatoms. The zero-order valence-electron chi connectivity index (χ0n) is 9.85. The van der Waals surface area contributed by atoms with Crippen LogP contribution < -0.4 is 0 Å². The van der Waals surface area contributed by atoms with E-state index in [9.17, 15) is 4.39 Å². The number of hydrogen-bond donors (Lipinski definition) is 0. The standard InChI is InChI=1S/C14H9Br2Cl2F/c1-7-4-10(12(18)6-13(7)19)14(16)9-5-8(17)2-3-11(9)15/h2-6,14H,1H3. The first kappa shape index (κ1) is 15.3. The summed E-state index contributed by atoms with van der Waals surface area (Å²) in [5.74, 6) is -0.307. The zero-order valence-corrected chi connectivity index (χ0v) is 14.5. The third kappa shape index (κ3) is 3.33. The Kier molecular flexibility index (Phi) is 4.93. The predicted octanol–water partition coefficient (Wildman–Crippen LogP) is 6.69. The maximum atomic E-state index is 13.4. The lowest BCUT2D eigenvalue weighted by Crippen LogP contribution is -1.97. The lowest BCUT2D eigenvalue weighted by atomic mass is 10.0. The predicted molar refractivity (Wildman–Crippen MR) is 86.1 cm³/mol. The molecule has 1 unspecified atom stereocenters. The molecule has 0 bridgehead atoms. The van der Waals surface area contributed by atoms with E-state index >= 15 is 0 Å². The lowest BCUT2D eigenvalue weighted by molar-refractivity contribution is 0.618. The van der Waals surface area contributed by atoms with Crippen LogP contribution in [0.4, 0.5) is 4.39 Å². The van der Waals surface area contributed by atoms with Crippen LogP contribution in [0.25, 0.3) is 0 Å². The van der Waals surface area contributed by atoms with Crippen LogP contribution in [0, 0.1) is 12.7 Å². The van der Waals surface area contributed by atoms with E-state index in [1.807, 2.05) is 12.1 Å². The first-order valence-corrected chi connectivity index (χ1v) is 7.91. The second-order valence-electron chi connectivity index (χ2n) is 4.15. The van der Waals surface area contributed by atoms with Gasteiger partial charge in [0.1, 0.15) is 5.82 Å². The van der Waals surface area contributed by atoms with Crippen LogP contribution in [0.2, 0.25) is 10.0 Å². The van der Waals surface area contributed by atoms with Gasteiger partial charge in [0.25, 0.3) is 0 Å². The molecule has 0 amide bonds. The molecule has 1 atom stereocenters. The van der Waals surface area contributed by atoms with Gasteiger partial charge in [-0.3, -0.25) is 0 Å². The van der Waals surface area contributed by atoms with Gasteiger partial charge in [0.05, 0.1) is 4.83 Å². The van der Waals surface area contributed by atoms with Crippen molar-refractivity contribution >= 4 is 55.1 Å². The van der Waals surface area contributed by atoms with E-state index in [-0.39, 0.29) is 10.6 Å². The van der Waals surface area contributed by atoms with Crippen molar-refractivity contribution in [3.63, 3.8) is 0 Å². The molecule has 0 aromatic heterocycles. The molecule has 0 saturated carbocycles. The van der Waals surface area contributed by atoms with Crippen LogP contribution in [-0.2, 0) is 0 Å². The number of alkyl halides is 1. The molecule has 0 N–H and O–H groups in total. The van der Waals surface area contributed by atoms with Gasteiger partial charge in [-0.15, -0.1) is 0 Å². The maximum absolute atomic E-state index is 13.4. The van der Waals surface area contributed by atoms with Gasteiger partial charge in [-0.1, -0.05) is 61.1 Å². The Hall–Kier alpha value is -0.0900. The molecule has 0 saturated heterocycles. The summed E-state index contributed by atoms with van der Waals surface area (Å²) in [5.41, 5.74) is 2.31. The largest absolute Gasteiger partial charge is 0.207 e. The third-order valence-electron chi connectivity index (χ3n) is 2.78. The molecule has 0 aliphatic rings. The molecular weight excluding hydrogens is 418 g/mol. The summed E-state index contributed by atoms with van der Waals surface area (Å²) in [5, 5.41) is 1.02. The van der Waals surface area contributed by atoms with Crippen LogP contribution in [0.3, 0.4) is 0 Å². The molecule has 2 aromatic rings. The summed E-state index contributed by atoms with van der Waals surface area (Å²) in [7, 11) is 0. The summed E-state index contributed by atoms with van der Waals surface area (Å²) in [4.78, 5) is -0.160. The van der Waals surface area contributed by atoms with Crippen LogP contribution in [0.5, 0.6) is 0 Å². The van der Waals surface area contributed by atoms with E-state index < -0.39 is 0 Å². The van der Waals surface area contributed by atoms with Gasteiger partial charge in [0.15, 0.2) is 0 Å². The number of hydrogen-bond acceptors (Lipinski definition) is 0. The van der Waals surface area contributed by atoms with Gasteiger partial charge in [0.2, 0.25) is 0 Å². The minimum Gasteiger partial charge on any atom is -0.207 e. The molecule has 0 spiro atoms. The molecule has 0 aliphatic carbocycles. The average molecular weight is 427 g/mol. The fourth-order valence-electron chi connectivity index (χ4n) is 1.75. The summed E-state index contributed by atoms with van der Waals surface area (Å²) < 4.78 is 14.4. The highest BCUT2D eigenvalue weighted by molar-refractivity contribution is 9.11. The van der Waals surface area contributed by atoms with E-state index in [0.717, 1.165) is 15.6 Å². The fourth-order valence-corrected chi connectivity index (χ4v) is 3.86. The normalized spacial score (nSPS) is 12.5. The Bertz CT molecular complexity index is 629. The van der Waals surface area contributed by atoms with Gasteiger partial charge in [-0.2, -0.15) is 0 Å². The molecule has 0 heterocycles. The summed E-state index contributed by atoms with van der Waals surface area (Å²) >= 11 is 19.2. The van der Waals surface area contributed by atoms with Gasteiger partial charge < -0.3 is 0 Å². The van der Waals surface area contributed by atoms with Crippen molar-refractivity contribution in [2.24, 2.45) is 0 Å². The summed E-state index contributed by atoms with van der Waals surface area (Å²) in [6.45, 7) is 1.71. The number of rotatable bonds is 2. The number of benzene rings is 2. The van der Waals surface area contributed by atoms with Gasteiger partial charge in [0, 0.05) is 14.5 Å². The minimum atomic E-state index is -0.307. The van der Waals surface area contributed by atoms with E-state index in [1.54, 1.807) is 19.1 Å². The Morgan fingerprint density at radius 2 is 1.79 bits per heavy atom. The van der Waals surface area contributed by atoms with Crippen LogP contribution in [0.15, 0.2) is 34.8 Å². The summed E-state index contributed by atoms with van der Waals surface area (Å²) in [6.07, 6.45) is 0. The van der Waals surface area contributed by atoms with Gasteiger partial charge >= 0.3 is 0 Å². The monoisotopic (exact) mass is 424 g/mol. The van der Waals surface area contributed by atoms with Crippen molar-refractivity contribution in [1.82, 2.24) is 0 Å². The maximum Gasteiger partial charge on any atom is 0.127 e. The number of aryl methyl sites for hydroxylation is 1. The van der Waals surface area contributed by atoms with Crippen molar-refractivity contribution in [2.75, 3.05) is 0 Å². The van der Waals surface area contributed by atoms with Gasteiger partial charge in [-0.05, 0) is 47.9 Å². The molecule has 100 valence electrons. The van der Waals surface area contributed by atoms with Crippen LogP contribution in [-0.4, -0.2) is 0 Å². The lowest BCUT2D eigenvalue weighted by Gasteiger charge is -2.15. The first-order chi connectivity index (χ1) is 8.90. The summed E-state index contributed by atoms with van der Waals surface area (Å²) in [6, 6.07) is 8.59. The Morgan fingerprint density at radius 1 is 1.11 bits per heavy atom. The second kappa shape index (κ2) is 6.13. The first-order valence-electron chi connectivity index (χ1n) is 5.44. The average Bonchev–Trinajstić information content (AvgIpc) is 2.36. The molecule has 2 rings (SSSR count). The van der Waals surface area contributed by atoms with Crippen LogP contribution in [0.1, 0.15) is 21.5 Å². The van der Waals surface area contributed by atoms with E-state index in [0.29, 0.717) is 15.6 Å². The van der Waals surface area contributed by atoms with Crippen molar-refractivity contribution in [3.8, 4) is 0 Å². The molecule has 0 radical (unpaired) electrons. The topological polar surface area (TPSA) is 0 Å². The molecule has 0 nitrogen and oxygen atoms in total. The smallest absolute Gasteiger partial charge is 0.127 e. The second-order valence-corrected chi connectivity index (χ2v) is 6.76. The van der Waals surface area contributed by atoms with Crippen molar-refractivity contribution in [1.29, 1.82) is 0 Å². The van der Waals surface area contributed by atoms with E-state index in [2.05, 4.69) is 31.9 Å². The molecular formula is C14H9Br2Cl2F. The van der Waals surface area contributed by atoms with Crippen molar-refractivity contribution in [3.05, 3.63) is 67.4 Å². The Labute approximate surface area is 138 Å². The van der Waals surface area contributed by atoms with Crippen molar-refractivity contribution < 1.29 is 4.39 Å². The van der Waals surface area contributed by atoms with Crippen molar-refractivity contribution in [2.45, 2.75) is 11.8 Å². The highest BCUT2D eigenvalue weighted by Crippen LogP contribution is 2.40. The van der Waals surface area contributed by atoms with Crippen LogP contribution >= 0.6 is 55.1 Å². The number of halogens is 5. The Morgan fingerprint density at radius 3 is 2.47 bits per heavy atom. The van der Waals surface area contributed by atoms with Gasteiger partial charge in [-0.25, -0.2) is 4.39 Å². The SMILES string of the molecule is Cc1cc(C(Br)c2cc(Cl)ccc2Br)c(Cl)cc1F.